The lowest BCUT2D eigenvalue weighted by atomic mass is 9.86. The molecule has 0 aliphatic carbocycles. The maximum atomic E-state index is 15.8. The van der Waals surface area contributed by atoms with Gasteiger partial charge in [-0.05, 0) is 101 Å². The van der Waals surface area contributed by atoms with Gasteiger partial charge in [0.05, 0.1) is 35.3 Å². The van der Waals surface area contributed by atoms with Crippen LogP contribution in [0.2, 0.25) is 0 Å². The quantitative estimate of drug-likeness (QED) is 0.187. The fourth-order valence-electron chi connectivity index (χ4n) is 7.02. The number of H-pyrrole nitrogens is 1. The number of nitrogens with zero attached hydrogens (tertiary/aromatic N) is 4. The molecule has 7 rings (SSSR count). The van der Waals surface area contributed by atoms with E-state index in [9.17, 15) is 9.90 Å². The Bertz CT molecular complexity index is 2260. The molecule has 48 heavy (non-hydrogen) atoms. The summed E-state index contributed by atoms with van der Waals surface area (Å²) in [6.45, 7) is 11.7. The SMILES string of the molecule is Cc1nc2c(cc(-c3ccnc(-c4ccc5[nH]ncc5c4C)c3)n2C)c(-c2cc(F)c3c(c2C)CCCO3)c1C(OC(C)(C)C)C(=O)O. The van der Waals surface area contributed by atoms with Crippen molar-refractivity contribution in [1.29, 1.82) is 0 Å². The van der Waals surface area contributed by atoms with E-state index in [1.165, 1.54) is 6.07 Å². The molecule has 0 saturated carbocycles. The average molecular weight is 648 g/mol. The third-order valence-electron chi connectivity index (χ3n) is 9.29. The number of carboxylic acids is 1. The topological polar surface area (TPSA) is 115 Å². The third-order valence-corrected chi connectivity index (χ3v) is 9.29. The van der Waals surface area contributed by atoms with Crippen molar-refractivity contribution >= 4 is 27.9 Å². The summed E-state index contributed by atoms with van der Waals surface area (Å²) in [5.41, 5.74) is 9.18. The number of nitrogens with one attached hydrogen (secondary N) is 1. The summed E-state index contributed by atoms with van der Waals surface area (Å²) in [5, 5.41) is 19.5. The van der Waals surface area contributed by atoms with E-state index in [1.807, 2.05) is 75.8 Å². The van der Waals surface area contributed by atoms with Crippen LogP contribution in [0.4, 0.5) is 4.39 Å². The second-order valence-electron chi connectivity index (χ2n) is 13.6. The smallest absolute Gasteiger partial charge is 0.337 e. The van der Waals surface area contributed by atoms with E-state index < -0.39 is 23.5 Å². The zero-order valence-electron chi connectivity index (χ0n) is 28.2. The number of aryl methyl sites for hydroxylation is 3. The number of hydrogen-bond donors (Lipinski definition) is 2. The van der Waals surface area contributed by atoms with Gasteiger partial charge in [-0.15, -0.1) is 0 Å². The molecule has 1 aliphatic rings. The molecule has 0 bridgehead atoms. The van der Waals surface area contributed by atoms with Crippen LogP contribution in [0, 0.1) is 26.6 Å². The van der Waals surface area contributed by atoms with Crippen LogP contribution in [-0.4, -0.2) is 48.0 Å². The number of rotatable bonds is 6. The molecule has 0 saturated heterocycles. The summed E-state index contributed by atoms with van der Waals surface area (Å²) in [5.74, 6) is -1.34. The van der Waals surface area contributed by atoms with Gasteiger partial charge < -0.3 is 19.1 Å². The molecule has 1 unspecified atom stereocenters. The van der Waals surface area contributed by atoms with Crippen LogP contribution in [0.3, 0.4) is 0 Å². The third kappa shape index (κ3) is 5.20. The minimum absolute atomic E-state index is 0.272. The predicted molar refractivity (Wildman–Crippen MR) is 184 cm³/mol. The van der Waals surface area contributed by atoms with Gasteiger partial charge in [0, 0.05) is 57.5 Å². The highest BCUT2D eigenvalue weighted by atomic mass is 19.1. The summed E-state index contributed by atoms with van der Waals surface area (Å²) >= 11 is 0. The van der Waals surface area contributed by atoms with Crippen LogP contribution >= 0.6 is 0 Å². The molecule has 0 spiro atoms. The van der Waals surface area contributed by atoms with Gasteiger partial charge in [-0.3, -0.25) is 10.1 Å². The lowest BCUT2D eigenvalue weighted by molar-refractivity contribution is -0.160. The Morgan fingerprint density at radius 1 is 1.08 bits per heavy atom. The molecule has 0 fully saturated rings. The number of carboxylic acid groups (broad SMARTS) is 1. The minimum Gasteiger partial charge on any atom is -0.490 e. The fraction of sp³-hybridized carbons (Fsp3) is 0.316. The van der Waals surface area contributed by atoms with Gasteiger partial charge in [0.15, 0.2) is 17.7 Å². The first-order valence-electron chi connectivity index (χ1n) is 16.1. The number of benzene rings is 2. The first-order valence-corrected chi connectivity index (χ1v) is 16.1. The number of pyridine rings is 2. The van der Waals surface area contributed by atoms with Gasteiger partial charge in [0.2, 0.25) is 0 Å². The number of aromatic nitrogens is 5. The molecule has 246 valence electrons. The maximum Gasteiger partial charge on any atom is 0.337 e. The van der Waals surface area contributed by atoms with E-state index in [0.717, 1.165) is 56.5 Å². The first kappa shape index (κ1) is 31.5. The molecule has 2 aromatic carbocycles. The fourth-order valence-corrected chi connectivity index (χ4v) is 7.02. The maximum absolute atomic E-state index is 15.8. The van der Waals surface area contributed by atoms with Gasteiger partial charge in [-0.2, -0.15) is 5.10 Å². The number of aliphatic carboxylic acids is 1. The van der Waals surface area contributed by atoms with Crippen molar-refractivity contribution in [2.24, 2.45) is 7.05 Å². The first-order chi connectivity index (χ1) is 22.8. The molecule has 0 radical (unpaired) electrons. The predicted octanol–water partition coefficient (Wildman–Crippen LogP) is 8.18. The Kier molecular flexibility index (Phi) is 7.58. The van der Waals surface area contributed by atoms with Crippen LogP contribution in [0.15, 0.2) is 48.8 Å². The Hall–Kier alpha value is -5.09. The van der Waals surface area contributed by atoms with Crippen LogP contribution in [0.5, 0.6) is 5.75 Å². The largest absolute Gasteiger partial charge is 0.490 e. The highest BCUT2D eigenvalue weighted by Gasteiger charge is 2.34. The average Bonchev–Trinajstić information content (AvgIpc) is 3.66. The van der Waals surface area contributed by atoms with Gasteiger partial charge in [-0.25, -0.2) is 14.2 Å². The molecule has 2 N–H and O–H groups in total. The van der Waals surface area contributed by atoms with Crippen molar-refractivity contribution in [2.45, 2.75) is 66.1 Å². The van der Waals surface area contributed by atoms with E-state index >= 15 is 4.39 Å². The van der Waals surface area contributed by atoms with E-state index in [2.05, 4.69) is 17.1 Å². The standard InChI is InChI=1S/C38H38FN5O4/c1-19-23(10-11-29-27(19)18-41-43-29)30-15-22(12-13-40-30)31-17-26-33(25-16-28(39)34-24(20(25)2)9-8-14-47-34)32(21(3)42-36(26)44(31)7)35(37(45)46)48-38(4,5)6/h10-13,15-18,35H,8-9,14H2,1-7H3,(H,41,43)(H,45,46). The molecule has 4 aromatic heterocycles. The van der Waals surface area contributed by atoms with E-state index in [1.54, 1.807) is 13.1 Å². The highest BCUT2D eigenvalue weighted by Crippen LogP contribution is 2.45. The second-order valence-corrected chi connectivity index (χ2v) is 13.6. The Labute approximate surface area is 277 Å². The van der Waals surface area contributed by atoms with Crippen LogP contribution in [0.25, 0.3) is 55.6 Å². The van der Waals surface area contributed by atoms with Crippen molar-refractivity contribution in [3.8, 4) is 39.4 Å². The van der Waals surface area contributed by atoms with Crippen LogP contribution < -0.4 is 4.74 Å². The summed E-state index contributed by atoms with van der Waals surface area (Å²) in [4.78, 5) is 22.6. The lowest BCUT2D eigenvalue weighted by Crippen LogP contribution is -2.28. The van der Waals surface area contributed by atoms with Gasteiger partial charge >= 0.3 is 5.97 Å². The molecular formula is C38H38FN5O4. The molecule has 10 heteroatoms. The number of carbonyl (C=O) groups is 1. The van der Waals surface area contributed by atoms with Crippen LogP contribution in [0.1, 0.15) is 61.2 Å². The molecule has 0 amide bonds. The van der Waals surface area contributed by atoms with E-state index in [-0.39, 0.29) is 5.75 Å². The Morgan fingerprint density at radius 3 is 2.62 bits per heavy atom. The molecule has 9 nitrogen and oxygen atoms in total. The van der Waals surface area contributed by atoms with Gasteiger partial charge in [0.1, 0.15) is 5.65 Å². The van der Waals surface area contributed by atoms with E-state index in [4.69, 9.17) is 19.4 Å². The number of hydrogen-bond acceptors (Lipinski definition) is 6. The van der Waals surface area contributed by atoms with Gasteiger partial charge in [0.25, 0.3) is 0 Å². The van der Waals surface area contributed by atoms with Crippen molar-refractivity contribution in [1.82, 2.24) is 24.7 Å². The monoisotopic (exact) mass is 647 g/mol. The molecular weight excluding hydrogens is 609 g/mol. The Balaban J connectivity index is 1.50. The molecule has 6 aromatic rings. The number of fused-ring (bicyclic) bond motifs is 3. The van der Waals surface area contributed by atoms with Crippen LogP contribution in [-0.2, 0) is 23.0 Å². The summed E-state index contributed by atoms with van der Waals surface area (Å²) in [6, 6.07) is 11.5. The number of ether oxygens (including phenoxy) is 2. The zero-order valence-corrected chi connectivity index (χ0v) is 28.2. The van der Waals surface area contributed by atoms with Gasteiger partial charge in [-0.1, -0.05) is 6.07 Å². The minimum atomic E-state index is -1.34. The molecule has 1 aliphatic heterocycles. The van der Waals surface area contributed by atoms with Crippen molar-refractivity contribution < 1.29 is 23.8 Å². The zero-order chi connectivity index (χ0) is 34.1. The number of aromatic amines is 1. The second kappa shape index (κ2) is 11.6. The lowest BCUT2D eigenvalue weighted by Gasteiger charge is -2.29. The van der Waals surface area contributed by atoms with Crippen molar-refractivity contribution in [3.05, 3.63) is 82.6 Å². The van der Waals surface area contributed by atoms with Crippen molar-refractivity contribution in [3.63, 3.8) is 0 Å². The Morgan fingerprint density at radius 2 is 1.88 bits per heavy atom. The normalized spacial score (nSPS) is 13.9. The molecule has 1 atom stereocenters. The van der Waals surface area contributed by atoms with E-state index in [0.29, 0.717) is 46.4 Å². The summed E-state index contributed by atoms with van der Waals surface area (Å²) in [6.07, 6.45) is 3.70. The summed E-state index contributed by atoms with van der Waals surface area (Å²) < 4.78 is 29.8. The number of halogens is 1. The van der Waals surface area contributed by atoms with Crippen molar-refractivity contribution in [2.75, 3.05) is 6.61 Å². The highest BCUT2D eigenvalue weighted by molar-refractivity contribution is 6.01. The molecule has 5 heterocycles. The summed E-state index contributed by atoms with van der Waals surface area (Å²) in [7, 11) is 1.94.